The molecule has 0 saturated heterocycles. The predicted molar refractivity (Wildman–Crippen MR) is 65.4 cm³/mol. The SMILES string of the molecule is CO.Nc1cccn(C2CCCCC2)c1=O. The minimum absolute atomic E-state index is 0.0283. The summed E-state index contributed by atoms with van der Waals surface area (Å²) in [6.07, 6.45) is 7.84. The molecule has 0 atom stereocenters. The number of aliphatic hydroxyl groups is 1. The molecule has 16 heavy (non-hydrogen) atoms. The van der Waals surface area contributed by atoms with Crippen molar-refractivity contribution >= 4 is 5.69 Å². The maximum atomic E-state index is 11.7. The number of aliphatic hydroxyl groups excluding tert-OH is 1. The Balaban J connectivity index is 0.000000606. The summed E-state index contributed by atoms with van der Waals surface area (Å²) < 4.78 is 1.80. The Morgan fingerprint density at radius 1 is 1.31 bits per heavy atom. The average molecular weight is 224 g/mol. The largest absolute Gasteiger partial charge is 0.400 e. The summed E-state index contributed by atoms with van der Waals surface area (Å²) in [5.41, 5.74) is 5.92. The highest BCUT2D eigenvalue weighted by Crippen LogP contribution is 2.26. The Bertz CT molecular complexity index is 368. The lowest BCUT2D eigenvalue weighted by atomic mass is 9.95. The molecule has 1 aliphatic carbocycles. The van der Waals surface area contributed by atoms with Crippen LogP contribution in [0.5, 0.6) is 0 Å². The molecule has 90 valence electrons. The van der Waals surface area contributed by atoms with Crippen molar-refractivity contribution in [3.63, 3.8) is 0 Å². The summed E-state index contributed by atoms with van der Waals surface area (Å²) in [5.74, 6) is 0. The molecule has 0 aliphatic heterocycles. The molecule has 0 unspecified atom stereocenters. The topological polar surface area (TPSA) is 68.2 Å². The van der Waals surface area contributed by atoms with Gasteiger partial charge in [0.15, 0.2) is 0 Å². The van der Waals surface area contributed by atoms with Crippen molar-refractivity contribution in [1.82, 2.24) is 4.57 Å². The van der Waals surface area contributed by atoms with E-state index in [1.807, 2.05) is 12.3 Å². The van der Waals surface area contributed by atoms with Gasteiger partial charge in [-0.25, -0.2) is 0 Å². The summed E-state index contributed by atoms with van der Waals surface area (Å²) in [6, 6.07) is 3.90. The lowest BCUT2D eigenvalue weighted by molar-refractivity contribution is 0.347. The van der Waals surface area contributed by atoms with Crippen LogP contribution in [0, 0.1) is 0 Å². The quantitative estimate of drug-likeness (QED) is 0.760. The van der Waals surface area contributed by atoms with E-state index < -0.39 is 0 Å². The molecule has 4 heteroatoms. The van der Waals surface area contributed by atoms with E-state index in [9.17, 15) is 4.79 Å². The van der Waals surface area contributed by atoms with E-state index >= 15 is 0 Å². The van der Waals surface area contributed by atoms with Crippen LogP contribution in [0.15, 0.2) is 23.1 Å². The van der Waals surface area contributed by atoms with Crippen LogP contribution in [-0.4, -0.2) is 16.8 Å². The molecule has 1 aromatic rings. The summed E-state index contributed by atoms with van der Waals surface area (Å²) >= 11 is 0. The van der Waals surface area contributed by atoms with E-state index in [0.29, 0.717) is 11.7 Å². The first-order chi connectivity index (χ1) is 7.79. The lowest BCUT2D eigenvalue weighted by Crippen LogP contribution is -2.27. The van der Waals surface area contributed by atoms with E-state index in [1.54, 1.807) is 10.6 Å². The van der Waals surface area contributed by atoms with Gasteiger partial charge in [-0.1, -0.05) is 19.3 Å². The molecule has 2 rings (SSSR count). The Hall–Kier alpha value is -1.29. The van der Waals surface area contributed by atoms with Gasteiger partial charge >= 0.3 is 0 Å². The van der Waals surface area contributed by atoms with Gasteiger partial charge in [0.05, 0.1) is 5.69 Å². The second-order valence-corrected chi connectivity index (χ2v) is 3.97. The van der Waals surface area contributed by atoms with E-state index in [4.69, 9.17) is 10.8 Å². The first-order valence-corrected chi connectivity index (χ1v) is 5.70. The molecule has 1 fully saturated rings. The van der Waals surface area contributed by atoms with Crippen molar-refractivity contribution in [2.24, 2.45) is 0 Å². The molecule has 1 aromatic heterocycles. The summed E-state index contributed by atoms with van der Waals surface area (Å²) in [7, 11) is 1.00. The zero-order valence-electron chi connectivity index (χ0n) is 9.72. The number of aromatic nitrogens is 1. The summed E-state index contributed by atoms with van der Waals surface area (Å²) in [6.45, 7) is 0. The molecule has 4 nitrogen and oxygen atoms in total. The molecule has 1 heterocycles. The summed E-state index contributed by atoms with van der Waals surface area (Å²) in [5, 5.41) is 7.00. The molecule has 0 amide bonds. The lowest BCUT2D eigenvalue weighted by Gasteiger charge is -2.23. The van der Waals surface area contributed by atoms with Crippen molar-refractivity contribution in [2.75, 3.05) is 12.8 Å². The predicted octanol–water partition coefficient (Wildman–Crippen LogP) is 1.54. The first kappa shape index (κ1) is 12.8. The number of hydrogen-bond donors (Lipinski definition) is 2. The van der Waals surface area contributed by atoms with Crippen LogP contribution < -0.4 is 11.3 Å². The fourth-order valence-corrected chi connectivity index (χ4v) is 2.17. The van der Waals surface area contributed by atoms with E-state index in [1.165, 1.54) is 19.3 Å². The zero-order chi connectivity index (χ0) is 12.0. The van der Waals surface area contributed by atoms with E-state index in [2.05, 4.69) is 0 Å². The number of nitrogens with two attached hydrogens (primary N) is 1. The Morgan fingerprint density at radius 2 is 1.94 bits per heavy atom. The maximum Gasteiger partial charge on any atom is 0.273 e. The van der Waals surface area contributed by atoms with Gasteiger partial charge in [-0.3, -0.25) is 4.79 Å². The van der Waals surface area contributed by atoms with Crippen LogP contribution >= 0.6 is 0 Å². The number of pyridine rings is 1. The van der Waals surface area contributed by atoms with Gasteiger partial charge in [-0.05, 0) is 25.0 Å². The van der Waals surface area contributed by atoms with Gasteiger partial charge in [-0.2, -0.15) is 0 Å². The van der Waals surface area contributed by atoms with Gasteiger partial charge < -0.3 is 15.4 Å². The van der Waals surface area contributed by atoms with E-state index in [0.717, 1.165) is 20.0 Å². The molecule has 0 bridgehead atoms. The van der Waals surface area contributed by atoms with Crippen LogP contribution in [0.4, 0.5) is 5.69 Å². The Kier molecular flexibility index (Phi) is 5.05. The van der Waals surface area contributed by atoms with Crippen molar-refractivity contribution in [3.8, 4) is 0 Å². The third-order valence-corrected chi connectivity index (χ3v) is 2.97. The molecular weight excluding hydrogens is 204 g/mol. The molecule has 0 radical (unpaired) electrons. The number of anilines is 1. The highest BCUT2D eigenvalue weighted by Gasteiger charge is 2.16. The molecule has 3 N–H and O–H groups in total. The maximum absolute atomic E-state index is 11.7. The van der Waals surface area contributed by atoms with Crippen LogP contribution in [0.2, 0.25) is 0 Å². The number of hydrogen-bond acceptors (Lipinski definition) is 3. The second-order valence-electron chi connectivity index (χ2n) is 3.97. The minimum Gasteiger partial charge on any atom is -0.400 e. The minimum atomic E-state index is -0.0283. The highest BCUT2D eigenvalue weighted by molar-refractivity contribution is 5.33. The van der Waals surface area contributed by atoms with Gasteiger partial charge in [0.1, 0.15) is 0 Å². The second kappa shape index (κ2) is 6.33. The fourth-order valence-electron chi connectivity index (χ4n) is 2.17. The van der Waals surface area contributed by atoms with Gasteiger partial charge in [-0.15, -0.1) is 0 Å². The van der Waals surface area contributed by atoms with Crippen molar-refractivity contribution < 1.29 is 5.11 Å². The molecule has 1 aliphatic rings. The smallest absolute Gasteiger partial charge is 0.273 e. The first-order valence-electron chi connectivity index (χ1n) is 5.70. The summed E-state index contributed by atoms with van der Waals surface area (Å²) in [4.78, 5) is 11.7. The Labute approximate surface area is 95.7 Å². The Morgan fingerprint density at radius 3 is 2.56 bits per heavy atom. The van der Waals surface area contributed by atoms with Gasteiger partial charge in [0.2, 0.25) is 0 Å². The average Bonchev–Trinajstić information content (AvgIpc) is 2.36. The van der Waals surface area contributed by atoms with Crippen molar-refractivity contribution in [2.45, 2.75) is 38.1 Å². The third-order valence-electron chi connectivity index (χ3n) is 2.97. The number of nitrogens with zero attached hydrogens (tertiary/aromatic N) is 1. The van der Waals surface area contributed by atoms with E-state index in [-0.39, 0.29) is 5.56 Å². The van der Waals surface area contributed by atoms with Crippen LogP contribution in [0.25, 0.3) is 0 Å². The highest BCUT2D eigenvalue weighted by atomic mass is 16.2. The van der Waals surface area contributed by atoms with Gasteiger partial charge in [0.25, 0.3) is 5.56 Å². The third kappa shape index (κ3) is 2.85. The van der Waals surface area contributed by atoms with Crippen LogP contribution in [0.1, 0.15) is 38.1 Å². The van der Waals surface area contributed by atoms with Gasteiger partial charge in [0, 0.05) is 19.3 Å². The standard InChI is InChI=1S/C11H16N2O.CH4O/c12-10-7-4-8-13(11(10)14)9-5-2-1-3-6-9;1-2/h4,7-9H,1-3,5-6,12H2;2H,1H3. The number of rotatable bonds is 1. The molecular formula is C12H20N2O2. The van der Waals surface area contributed by atoms with Crippen LogP contribution in [0.3, 0.4) is 0 Å². The monoisotopic (exact) mass is 224 g/mol. The molecule has 0 spiro atoms. The van der Waals surface area contributed by atoms with Crippen molar-refractivity contribution in [1.29, 1.82) is 0 Å². The van der Waals surface area contributed by atoms with Crippen LogP contribution in [-0.2, 0) is 0 Å². The van der Waals surface area contributed by atoms with Crippen molar-refractivity contribution in [3.05, 3.63) is 28.7 Å². The molecule has 1 saturated carbocycles. The fraction of sp³-hybridized carbons (Fsp3) is 0.583. The molecule has 0 aromatic carbocycles. The zero-order valence-corrected chi connectivity index (χ0v) is 9.72. The number of nitrogen functional groups attached to an aromatic ring is 1. The normalized spacial score (nSPS) is 16.4.